The average molecular weight is 454 g/mol. The minimum atomic E-state index is -4.42. The summed E-state index contributed by atoms with van der Waals surface area (Å²) in [5, 5.41) is 3.97. The van der Waals surface area contributed by atoms with Gasteiger partial charge in [-0.2, -0.15) is 17.5 Å². The van der Waals surface area contributed by atoms with Gasteiger partial charge in [0.25, 0.3) is 0 Å². The highest BCUT2D eigenvalue weighted by molar-refractivity contribution is 7.89. The summed E-state index contributed by atoms with van der Waals surface area (Å²) < 4.78 is 65.1. The third kappa shape index (κ3) is 5.71. The van der Waals surface area contributed by atoms with Crippen molar-refractivity contribution >= 4 is 21.5 Å². The first-order valence-electron chi connectivity index (χ1n) is 9.52. The molecule has 2 aromatic rings. The van der Waals surface area contributed by atoms with E-state index in [0.717, 1.165) is 12.1 Å². The minimum Gasteiger partial charge on any atom is -0.391 e. The predicted octanol–water partition coefficient (Wildman–Crippen LogP) is 4.27. The molecule has 31 heavy (non-hydrogen) atoms. The summed E-state index contributed by atoms with van der Waals surface area (Å²) in [6.45, 7) is 1.72. The van der Waals surface area contributed by atoms with Crippen molar-refractivity contribution in [3.05, 3.63) is 65.2 Å². The Morgan fingerprint density at radius 1 is 1.10 bits per heavy atom. The zero-order valence-electron chi connectivity index (χ0n) is 16.7. The molecule has 10 heteroatoms. The number of rotatable bonds is 6. The lowest BCUT2D eigenvalue weighted by Gasteiger charge is -2.26. The first-order valence-corrected chi connectivity index (χ1v) is 11.0. The molecule has 0 aromatic heterocycles. The lowest BCUT2D eigenvalue weighted by molar-refractivity contribution is -0.137. The molecule has 0 unspecified atom stereocenters. The molecule has 2 aromatic carbocycles. The molecule has 0 amide bonds. The maximum absolute atomic E-state index is 12.8. The molecule has 0 radical (unpaired) electrons. The van der Waals surface area contributed by atoms with E-state index >= 15 is 0 Å². The van der Waals surface area contributed by atoms with Gasteiger partial charge >= 0.3 is 6.18 Å². The molecule has 1 aliphatic rings. The summed E-state index contributed by atoms with van der Waals surface area (Å²) in [7, 11) is -3.69. The van der Waals surface area contributed by atoms with Crippen LogP contribution in [0.5, 0.6) is 0 Å². The van der Waals surface area contributed by atoms with E-state index < -0.39 is 21.8 Å². The Bertz CT molecular complexity index is 1070. The maximum Gasteiger partial charge on any atom is 0.416 e. The molecule has 166 valence electrons. The van der Waals surface area contributed by atoms with Gasteiger partial charge in [-0.3, -0.25) is 4.79 Å². The van der Waals surface area contributed by atoms with Crippen molar-refractivity contribution in [2.24, 2.45) is 5.16 Å². The normalized spacial score (nSPS) is 15.5. The highest BCUT2D eigenvalue weighted by Crippen LogP contribution is 2.29. The highest BCUT2D eigenvalue weighted by atomic mass is 32.2. The summed E-state index contributed by atoms with van der Waals surface area (Å²) in [5.41, 5.74) is 0.666. The van der Waals surface area contributed by atoms with Crippen molar-refractivity contribution in [3.63, 3.8) is 0 Å². The molecule has 0 atom stereocenters. The second-order valence-electron chi connectivity index (χ2n) is 7.11. The van der Waals surface area contributed by atoms with Gasteiger partial charge in [0.1, 0.15) is 6.61 Å². The molecule has 0 saturated carbocycles. The standard InChI is InChI=1S/C21H21F3N2O4S/c1-15(27)17-5-7-20(8-6-17)31(28,29)26-11-9-19(10-12-26)25-30-14-16-3-2-4-18(13-16)21(22,23)24/h2-8,13H,9-12,14H2,1H3. The third-order valence-electron chi connectivity index (χ3n) is 4.88. The number of carbonyl (C=O) groups excluding carboxylic acids is 1. The topological polar surface area (TPSA) is 76.0 Å². The molecule has 1 saturated heterocycles. The highest BCUT2D eigenvalue weighted by Gasteiger charge is 2.30. The van der Waals surface area contributed by atoms with Crippen LogP contribution >= 0.6 is 0 Å². The Balaban J connectivity index is 1.56. The molecule has 1 heterocycles. The minimum absolute atomic E-state index is 0.110. The number of Topliss-reactive ketones (excluding diaryl/α,β-unsaturated/α-hetero) is 1. The van der Waals surface area contributed by atoms with E-state index in [1.165, 1.54) is 47.6 Å². The number of nitrogens with zero attached hydrogens (tertiary/aromatic N) is 2. The lowest BCUT2D eigenvalue weighted by Crippen LogP contribution is -2.38. The fraction of sp³-hybridized carbons (Fsp3) is 0.333. The van der Waals surface area contributed by atoms with E-state index in [2.05, 4.69) is 5.16 Å². The van der Waals surface area contributed by atoms with E-state index in [9.17, 15) is 26.4 Å². The number of hydrogen-bond acceptors (Lipinski definition) is 5. The van der Waals surface area contributed by atoms with Gasteiger partial charge in [0.15, 0.2) is 5.78 Å². The van der Waals surface area contributed by atoms with Gasteiger partial charge in [-0.1, -0.05) is 29.4 Å². The monoisotopic (exact) mass is 454 g/mol. The van der Waals surface area contributed by atoms with Crippen LogP contribution in [0.15, 0.2) is 58.6 Å². The van der Waals surface area contributed by atoms with Crippen molar-refractivity contribution in [2.45, 2.75) is 37.4 Å². The molecule has 1 aliphatic heterocycles. The van der Waals surface area contributed by atoms with Crippen LogP contribution < -0.4 is 0 Å². The van der Waals surface area contributed by atoms with Gasteiger partial charge in [0.2, 0.25) is 10.0 Å². The first kappa shape index (κ1) is 23.0. The predicted molar refractivity (Wildman–Crippen MR) is 108 cm³/mol. The number of piperidine rings is 1. The molecule has 0 bridgehead atoms. The molecule has 6 nitrogen and oxygen atoms in total. The number of ketones is 1. The van der Waals surface area contributed by atoms with Crippen molar-refractivity contribution in [3.8, 4) is 0 Å². The summed E-state index contributed by atoms with van der Waals surface area (Å²) in [6.07, 6.45) is -3.71. The van der Waals surface area contributed by atoms with E-state index in [-0.39, 0.29) is 30.4 Å². The van der Waals surface area contributed by atoms with E-state index in [1.54, 1.807) is 0 Å². The van der Waals surface area contributed by atoms with Gasteiger partial charge in [-0.25, -0.2) is 8.42 Å². The van der Waals surface area contributed by atoms with Crippen LogP contribution in [0.4, 0.5) is 13.2 Å². The fourth-order valence-electron chi connectivity index (χ4n) is 3.12. The number of halogens is 3. The molecular formula is C21H21F3N2O4S. The number of sulfonamides is 1. The Kier molecular flexibility index (Phi) is 6.80. The van der Waals surface area contributed by atoms with Crippen LogP contribution in [0.2, 0.25) is 0 Å². The summed E-state index contributed by atoms with van der Waals surface area (Å²) in [6, 6.07) is 10.6. The Morgan fingerprint density at radius 2 is 1.74 bits per heavy atom. The molecule has 3 rings (SSSR count). The van der Waals surface area contributed by atoms with Gasteiger partial charge < -0.3 is 4.84 Å². The largest absolute Gasteiger partial charge is 0.416 e. The fourth-order valence-corrected chi connectivity index (χ4v) is 4.56. The van der Waals surface area contributed by atoms with Crippen LogP contribution in [-0.2, 0) is 27.6 Å². The van der Waals surface area contributed by atoms with Gasteiger partial charge in [-0.15, -0.1) is 0 Å². The number of carbonyl (C=O) groups is 1. The molecular weight excluding hydrogens is 433 g/mol. The zero-order chi connectivity index (χ0) is 22.6. The molecule has 0 aliphatic carbocycles. The van der Waals surface area contributed by atoms with Crippen molar-refractivity contribution < 1.29 is 31.2 Å². The average Bonchev–Trinajstić information content (AvgIpc) is 2.74. The number of alkyl halides is 3. The smallest absolute Gasteiger partial charge is 0.391 e. The number of oxime groups is 1. The van der Waals surface area contributed by atoms with Crippen LogP contribution in [0.3, 0.4) is 0 Å². The molecule has 1 fully saturated rings. The summed E-state index contributed by atoms with van der Waals surface area (Å²) in [5.74, 6) is -0.145. The van der Waals surface area contributed by atoms with E-state index in [0.29, 0.717) is 29.7 Å². The van der Waals surface area contributed by atoms with Crippen LogP contribution in [-0.4, -0.2) is 37.3 Å². The second-order valence-corrected chi connectivity index (χ2v) is 9.05. The van der Waals surface area contributed by atoms with Crippen molar-refractivity contribution in [2.75, 3.05) is 13.1 Å². The van der Waals surface area contributed by atoms with Gasteiger partial charge in [0.05, 0.1) is 16.2 Å². The van der Waals surface area contributed by atoms with E-state index in [4.69, 9.17) is 4.84 Å². The quantitative estimate of drug-likeness (QED) is 0.483. The number of hydrogen-bond donors (Lipinski definition) is 0. The Morgan fingerprint density at radius 3 is 2.32 bits per heavy atom. The number of benzene rings is 2. The third-order valence-corrected chi connectivity index (χ3v) is 6.79. The van der Waals surface area contributed by atoms with Crippen molar-refractivity contribution in [1.82, 2.24) is 4.31 Å². The van der Waals surface area contributed by atoms with E-state index in [1.807, 2.05) is 0 Å². The van der Waals surface area contributed by atoms with Gasteiger partial charge in [0, 0.05) is 31.5 Å². The van der Waals surface area contributed by atoms with Crippen LogP contribution in [0.25, 0.3) is 0 Å². The Hall–Kier alpha value is -2.72. The lowest BCUT2D eigenvalue weighted by atomic mass is 10.1. The first-order chi connectivity index (χ1) is 14.6. The SMILES string of the molecule is CC(=O)c1ccc(S(=O)(=O)N2CCC(=NOCc3cccc(C(F)(F)F)c3)CC2)cc1. The maximum atomic E-state index is 12.8. The zero-order valence-corrected chi connectivity index (χ0v) is 17.5. The second kappa shape index (κ2) is 9.19. The van der Waals surface area contributed by atoms with Crippen LogP contribution in [0.1, 0.15) is 41.3 Å². The Labute approximate surface area is 178 Å². The summed E-state index contributed by atoms with van der Waals surface area (Å²) >= 11 is 0. The van der Waals surface area contributed by atoms with Crippen molar-refractivity contribution in [1.29, 1.82) is 0 Å². The molecule has 0 N–H and O–H groups in total. The van der Waals surface area contributed by atoms with Crippen LogP contribution in [0, 0.1) is 0 Å². The van der Waals surface area contributed by atoms with Gasteiger partial charge in [-0.05, 0) is 36.8 Å². The molecule has 0 spiro atoms. The summed E-state index contributed by atoms with van der Waals surface area (Å²) in [4.78, 5) is 16.6.